The van der Waals surface area contributed by atoms with Crippen LogP contribution in [0.2, 0.25) is 0 Å². The lowest BCUT2D eigenvalue weighted by Crippen LogP contribution is -2.24. The lowest BCUT2D eigenvalue weighted by molar-refractivity contribution is -0.133. The average molecular weight is 309 g/mol. The molecule has 3 aliphatic rings. The van der Waals surface area contributed by atoms with Crippen LogP contribution in [-0.4, -0.2) is 44.3 Å². The standard InChI is InChI=1S/C14H19N3O3S/c18-11(19)7-21-14-16-15-13(9-3-4-9)17(14)10-5-6-20-12(10)8-1-2-8/h8-10,12H,1-7H2,(H,18,19). The highest BCUT2D eigenvalue weighted by Gasteiger charge is 2.44. The summed E-state index contributed by atoms with van der Waals surface area (Å²) < 4.78 is 8.16. The van der Waals surface area contributed by atoms with Gasteiger partial charge in [0.05, 0.1) is 17.9 Å². The third-order valence-corrected chi connectivity index (χ3v) is 5.41. The van der Waals surface area contributed by atoms with Crippen LogP contribution < -0.4 is 0 Å². The predicted molar refractivity (Wildman–Crippen MR) is 76.5 cm³/mol. The van der Waals surface area contributed by atoms with Gasteiger partial charge in [0, 0.05) is 12.5 Å². The first-order valence-electron chi connectivity index (χ1n) is 7.65. The van der Waals surface area contributed by atoms with E-state index in [-0.39, 0.29) is 11.9 Å². The van der Waals surface area contributed by atoms with Crippen molar-refractivity contribution in [1.29, 1.82) is 0 Å². The van der Waals surface area contributed by atoms with E-state index in [0.29, 0.717) is 17.9 Å². The number of ether oxygens (including phenoxy) is 1. The molecule has 2 saturated carbocycles. The van der Waals surface area contributed by atoms with Crippen molar-refractivity contribution in [2.45, 2.75) is 55.3 Å². The summed E-state index contributed by atoms with van der Waals surface area (Å²) in [5.74, 6) is 1.44. The molecule has 0 radical (unpaired) electrons. The Hall–Kier alpha value is -1.08. The number of nitrogens with zero attached hydrogens (tertiary/aromatic N) is 3. The second kappa shape index (κ2) is 5.28. The van der Waals surface area contributed by atoms with Gasteiger partial charge in [-0.2, -0.15) is 0 Å². The van der Waals surface area contributed by atoms with Crippen LogP contribution in [0.15, 0.2) is 5.16 Å². The smallest absolute Gasteiger partial charge is 0.313 e. The van der Waals surface area contributed by atoms with Crippen LogP contribution in [0.3, 0.4) is 0 Å². The highest BCUT2D eigenvalue weighted by molar-refractivity contribution is 7.99. The van der Waals surface area contributed by atoms with E-state index in [0.717, 1.165) is 24.0 Å². The van der Waals surface area contributed by atoms with Crippen molar-refractivity contribution in [3.05, 3.63) is 5.82 Å². The maximum Gasteiger partial charge on any atom is 0.313 e. The van der Waals surface area contributed by atoms with Crippen LogP contribution >= 0.6 is 11.8 Å². The predicted octanol–water partition coefficient (Wildman–Crippen LogP) is 2.07. The Bertz CT molecular complexity index is 554. The molecule has 1 aromatic heterocycles. The Balaban J connectivity index is 1.63. The molecule has 21 heavy (non-hydrogen) atoms. The van der Waals surface area contributed by atoms with E-state index in [4.69, 9.17) is 9.84 Å². The van der Waals surface area contributed by atoms with Crippen LogP contribution in [0.1, 0.15) is 49.9 Å². The number of carboxylic acids is 1. The van der Waals surface area contributed by atoms with E-state index in [1.165, 1.54) is 37.4 Å². The molecule has 6 nitrogen and oxygen atoms in total. The van der Waals surface area contributed by atoms with Crippen LogP contribution in [-0.2, 0) is 9.53 Å². The van der Waals surface area contributed by atoms with Crippen molar-refractivity contribution >= 4 is 17.7 Å². The molecule has 1 aliphatic heterocycles. The van der Waals surface area contributed by atoms with E-state index < -0.39 is 5.97 Å². The molecule has 2 heterocycles. The Morgan fingerprint density at radius 2 is 2.10 bits per heavy atom. The van der Waals surface area contributed by atoms with Gasteiger partial charge in [-0.05, 0) is 38.0 Å². The van der Waals surface area contributed by atoms with Gasteiger partial charge >= 0.3 is 5.97 Å². The molecule has 4 rings (SSSR count). The Labute approximate surface area is 127 Å². The Kier molecular flexibility index (Phi) is 3.41. The summed E-state index contributed by atoms with van der Waals surface area (Å²) in [7, 11) is 0. The molecule has 1 N–H and O–H groups in total. The lowest BCUT2D eigenvalue weighted by atomic mass is 10.1. The fourth-order valence-corrected chi connectivity index (χ4v) is 3.92. The molecule has 0 aromatic carbocycles. The fourth-order valence-electron chi connectivity index (χ4n) is 3.20. The maximum atomic E-state index is 10.8. The number of carbonyl (C=O) groups is 1. The van der Waals surface area contributed by atoms with Gasteiger partial charge in [0.15, 0.2) is 5.16 Å². The van der Waals surface area contributed by atoms with Gasteiger partial charge in [0.25, 0.3) is 0 Å². The van der Waals surface area contributed by atoms with Gasteiger partial charge in [0.1, 0.15) is 5.82 Å². The molecule has 2 unspecified atom stereocenters. The van der Waals surface area contributed by atoms with Crippen LogP contribution in [0.5, 0.6) is 0 Å². The Morgan fingerprint density at radius 3 is 2.76 bits per heavy atom. The third kappa shape index (κ3) is 2.68. The summed E-state index contributed by atoms with van der Waals surface area (Å²) in [5.41, 5.74) is 0. The number of hydrogen-bond donors (Lipinski definition) is 1. The Morgan fingerprint density at radius 1 is 1.29 bits per heavy atom. The topological polar surface area (TPSA) is 77.2 Å². The maximum absolute atomic E-state index is 10.8. The summed E-state index contributed by atoms with van der Waals surface area (Å²) in [6.07, 6.45) is 6.09. The van der Waals surface area contributed by atoms with E-state index >= 15 is 0 Å². The lowest BCUT2D eigenvalue weighted by Gasteiger charge is -2.22. The fraction of sp³-hybridized carbons (Fsp3) is 0.786. The van der Waals surface area contributed by atoms with E-state index in [9.17, 15) is 4.79 Å². The number of aliphatic carboxylic acids is 1. The molecule has 2 aliphatic carbocycles. The molecule has 0 spiro atoms. The highest BCUT2D eigenvalue weighted by Crippen LogP contribution is 2.47. The zero-order valence-corrected chi connectivity index (χ0v) is 12.6. The van der Waals surface area contributed by atoms with Crippen molar-refractivity contribution in [1.82, 2.24) is 14.8 Å². The summed E-state index contributed by atoms with van der Waals surface area (Å²) in [4.78, 5) is 10.8. The third-order valence-electron chi connectivity index (χ3n) is 4.48. The SMILES string of the molecule is O=C(O)CSc1nnc(C2CC2)n1C1CCOC1C1CC1. The van der Waals surface area contributed by atoms with Crippen LogP contribution in [0.25, 0.3) is 0 Å². The first-order chi connectivity index (χ1) is 10.2. The first kappa shape index (κ1) is 13.6. The number of carboxylic acid groups (broad SMARTS) is 1. The minimum absolute atomic E-state index is 0.0322. The molecule has 0 bridgehead atoms. The monoisotopic (exact) mass is 309 g/mol. The van der Waals surface area contributed by atoms with Crippen molar-refractivity contribution in [2.75, 3.05) is 12.4 Å². The van der Waals surface area contributed by atoms with Crippen molar-refractivity contribution < 1.29 is 14.6 Å². The van der Waals surface area contributed by atoms with Gasteiger partial charge in [-0.15, -0.1) is 10.2 Å². The molecule has 7 heteroatoms. The second-order valence-corrected chi connectivity index (χ2v) is 7.14. The van der Waals surface area contributed by atoms with E-state index in [2.05, 4.69) is 14.8 Å². The quantitative estimate of drug-likeness (QED) is 0.811. The van der Waals surface area contributed by atoms with E-state index in [1.807, 2.05) is 0 Å². The molecule has 3 fully saturated rings. The molecule has 1 aromatic rings. The van der Waals surface area contributed by atoms with Gasteiger partial charge in [-0.25, -0.2) is 0 Å². The molecule has 0 amide bonds. The van der Waals surface area contributed by atoms with Gasteiger partial charge in [-0.1, -0.05) is 11.8 Å². The van der Waals surface area contributed by atoms with Gasteiger partial charge < -0.3 is 9.84 Å². The van der Waals surface area contributed by atoms with Gasteiger partial charge in [0.2, 0.25) is 0 Å². The highest BCUT2D eigenvalue weighted by atomic mass is 32.2. The normalized spacial score (nSPS) is 29.0. The number of rotatable bonds is 6. The summed E-state index contributed by atoms with van der Waals surface area (Å²) in [5, 5.41) is 18.3. The van der Waals surface area contributed by atoms with E-state index in [1.54, 1.807) is 0 Å². The number of thioether (sulfide) groups is 1. The zero-order chi connectivity index (χ0) is 14.4. The van der Waals surface area contributed by atoms with Crippen molar-refractivity contribution in [2.24, 2.45) is 5.92 Å². The van der Waals surface area contributed by atoms with Crippen molar-refractivity contribution in [3.8, 4) is 0 Å². The number of hydrogen-bond acceptors (Lipinski definition) is 5. The van der Waals surface area contributed by atoms with Crippen molar-refractivity contribution in [3.63, 3.8) is 0 Å². The minimum Gasteiger partial charge on any atom is -0.481 e. The van der Waals surface area contributed by atoms with Crippen LogP contribution in [0.4, 0.5) is 0 Å². The summed E-state index contributed by atoms with van der Waals surface area (Å²) >= 11 is 1.28. The summed E-state index contributed by atoms with van der Waals surface area (Å²) in [6.45, 7) is 0.789. The molecule has 1 saturated heterocycles. The number of aromatic nitrogens is 3. The molecular weight excluding hydrogens is 290 g/mol. The molecule has 114 valence electrons. The molecule has 2 atom stereocenters. The average Bonchev–Trinajstić information content (AvgIpc) is 3.39. The largest absolute Gasteiger partial charge is 0.481 e. The summed E-state index contributed by atoms with van der Waals surface area (Å²) in [6, 6.07) is 0.291. The zero-order valence-electron chi connectivity index (χ0n) is 11.8. The van der Waals surface area contributed by atoms with Crippen LogP contribution in [0, 0.1) is 5.92 Å². The second-order valence-electron chi connectivity index (χ2n) is 6.20. The first-order valence-corrected chi connectivity index (χ1v) is 8.63. The van der Waals surface area contributed by atoms with Gasteiger partial charge in [-0.3, -0.25) is 9.36 Å². The molecular formula is C14H19N3O3S. The minimum atomic E-state index is -0.816.